The van der Waals surface area contributed by atoms with E-state index in [-0.39, 0.29) is 0 Å². The van der Waals surface area contributed by atoms with Crippen LogP contribution >= 0.6 is 0 Å². The molecule has 0 amide bonds. The number of aryl methyl sites for hydroxylation is 1. The molecular formula is C14H22N2. The second-order valence-corrected chi connectivity index (χ2v) is 4.96. The number of hydrogen-bond acceptors (Lipinski definition) is 2. The summed E-state index contributed by atoms with van der Waals surface area (Å²) in [7, 11) is 4.19. The molecule has 2 nitrogen and oxygen atoms in total. The first-order chi connectivity index (χ1) is 7.68. The van der Waals surface area contributed by atoms with E-state index >= 15 is 0 Å². The third-order valence-corrected chi connectivity index (χ3v) is 3.55. The molecule has 1 saturated heterocycles. The van der Waals surface area contributed by atoms with Crippen molar-refractivity contribution in [2.75, 3.05) is 32.1 Å². The van der Waals surface area contributed by atoms with Gasteiger partial charge in [0.25, 0.3) is 0 Å². The molecule has 1 N–H and O–H groups in total. The Balaban J connectivity index is 2.21. The minimum Gasteiger partial charge on any atom is -0.378 e. The lowest BCUT2D eigenvalue weighted by Crippen LogP contribution is -2.27. The molecule has 1 aliphatic heterocycles. The van der Waals surface area contributed by atoms with E-state index in [9.17, 15) is 0 Å². The molecular weight excluding hydrogens is 196 g/mol. The molecule has 0 aromatic heterocycles. The lowest BCUT2D eigenvalue weighted by atomic mass is 9.87. The number of benzene rings is 1. The van der Waals surface area contributed by atoms with E-state index < -0.39 is 0 Å². The minimum atomic E-state index is 0.762. The van der Waals surface area contributed by atoms with Gasteiger partial charge in [-0.1, -0.05) is 6.07 Å². The molecule has 0 spiro atoms. The van der Waals surface area contributed by atoms with Crippen LogP contribution in [-0.2, 0) is 0 Å². The van der Waals surface area contributed by atoms with E-state index in [2.05, 4.69) is 49.4 Å². The average molecular weight is 218 g/mol. The van der Waals surface area contributed by atoms with Gasteiger partial charge in [0.05, 0.1) is 0 Å². The highest BCUT2D eigenvalue weighted by atomic mass is 15.1. The Morgan fingerprint density at radius 2 is 1.88 bits per heavy atom. The highest BCUT2D eigenvalue weighted by Gasteiger charge is 2.16. The third-order valence-electron chi connectivity index (χ3n) is 3.55. The van der Waals surface area contributed by atoms with Gasteiger partial charge < -0.3 is 10.2 Å². The van der Waals surface area contributed by atoms with Crippen molar-refractivity contribution in [1.82, 2.24) is 5.32 Å². The molecule has 2 heteroatoms. The molecule has 88 valence electrons. The van der Waals surface area contributed by atoms with Gasteiger partial charge in [-0.15, -0.1) is 0 Å². The first kappa shape index (κ1) is 11.5. The third kappa shape index (κ3) is 2.38. The summed E-state index contributed by atoms with van der Waals surface area (Å²) < 4.78 is 0. The van der Waals surface area contributed by atoms with Gasteiger partial charge in [0.1, 0.15) is 0 Å². The summed E-state index contributed by atoms with van der Waals surface area (Å²) in [6.45, 7) is 4.57. The molecule has 2 rings (SSSR count). The average Bonchev–Trinajstić information content (AvgIpc) is 2.30. The lowest BCUT2D eigenvalue weighted by Gasteiger charge is -2.25. The normalized spacial score (nSPS) is 17.4. The largest absolute Gasteiger partial charge is 0.378 e. The van der Waals surface area contributed by atoms with Crippen molar-refractivity contribution in [3.8, 4) is 0 Å². The number of anilines is 1. The molecule has 0 radical (unpaired) electrons. The summed E-state index contributed by atoms with van der Waals surface area (Å²) in [5, 5.41) is 3.43. The molecule has 0 saturated carbocycles. The molecule has 0 atom stereocenters. The van der Waals surface area contributed by atoms with Crippen molar-refractivity contribution in [1.29, 1.82) is 0 Å². The Morgan fingerprint density at radius 3 is 2.44 bits per heavy atom. The predicted molar refractivity (Wildman–Crippen MR) is 70.4 cm³/mol. The summed E-state index contributed by atoms with van der Waals surface area (Å²) in [5.74, 6) is 0.762. The van der Waals surface area contributed by atoms with Crippen molar-refractivity contribution >= 4 is 5.69 Å². The summed E-state index contributed by atoms with van der Waals surface area (Å²) in [5.41, 5.74) is 4.29. The van der Waals surface area contributed by atoms with Gasteiger partial charge in [0, 0.05) is 19.8 Å². The van der Waals surface area contributed by atoms with E-state index in [0.717, 1.165) is 5.92 Å². The first-order valence-electron chi connectivity index (χ1n) is 6.17. The van der Waals surface area contributed by atoms with Crippen LogP contribution in [0, 0.1) is 6.92 Å². The van der Waals surface area contributed by atoms with Crippen molar-refractivity contribution in [2.24, 2.45) is 0 Å². The number of rotatable bonds is 2. The summed E-state index contributed by atoms with van der Waals surface area (Å²) >= 11 is 0. The number of nitrogens with one attached hydrogen (secondary N) is 1. The van der Waals surface area contributed by atoms with Crippen LogP contribution in [0.2, 0.25) is 0 Å². The van der Waals surface area contributed by atoms with Crippen LogP contribution in [-0.4, -0.2) is 27.2 Å². The van der Waals surface area contributed by atoms with Crippen molar-refractivity contribution in [3.05, 3.63) is 29.3 Å². The maximum absolute atomic E-state index is 3.43. The molecule has 1 aromatic rings. The number of hydrogen-bond donors (Lipinski definition) is 1. The zero-order chi connectivity index (χ0) is 11.5. The van der Waals surface area contributed by atoms with E-state index in [4.69, 9.17) is 0 Å². The lowest BCUT2D eigenvalue weighted by molar-refractivity contribution is 0.459. The van der Waals surface area contributed by atoms with E-state index in [1.54, 1.807) is 5.56 Å². The van der Waals surface area contributed by atoms with Gasteiger partial charge in [-0.25, -0.2) is 0 Å². The molecule has 1 fully saturated rings. The van der Waals surface area contributed by atoms with Crippen LogP contribution in [0.15, 0.2) is 18.2 Å². The van der Waals surface area contributed by atoms with Gasteiger partial charge >= 0.3 is 0 Å². The second-order valence-electron chi connectivity index (χ2n) is 4.96. The fourth-order valence-corrected chi connectivity index (χ4v) is 2.53. The van der Waals surface area contributed by atoms with Crippen LogP contribution in [0.25, 0.3) is 0 Å². The second kappa shape index (κ2) is 4.88. The molecule has 0 aliphatic carbocycles. The molecule has 0 bridgehead atoms. The van der Waals surface area contributed by atoms with Gasteiger partial charge in [-0.2, -0.15) is 0 Å². The Morgan fingerprint density at radius 1 is 1.19 bits per heavy atom. The number of piperidine rings is 1. The van der Waals surface area contributed by atoms with Crippen LogP contribution in [0.4, 0.5) is 5.69 Å². The van der Waals surface area contributed by atoms with E-state index in [1.165, 1.54) is 37.2 Å². The zero-order valence-electron chi connectivity index (χ0n) is 10.6. The minimum absolute atomic E-state index is 0.762. The summed E-state index contributed by atoms with van der Waals surface area (Å²) in [4.78, 5) is 2.17. The molecule has 1 aromatic carbocycles. The van der Waals surface area contributed by atoms with E-state index in [0.29, 0.717) is 0 Å². The van der Waals surface area contributed by atoms with Gasteiger partial charge in [-0.05, 0) is 62.0 Å². The topological polar surface area (TPSA) is 15.3 Å². The van der Waals surface area contributed by atoms with Gasteiger partial charge in [0.15, 0.2) is 0 Å². The Bertz CT molecular complexity index is 352. The number of nitrogens with zero attached hydrogens (tertiary/aromatic N) is 1. The Kier molecular flexibility index (Phi) is 3.49. The van der Waals surface area contributed by atoms with Crippen LogP contribution in [0.1, 0.15) is 29.9 Å². The Hall–Kier alpha value is -1.02. The smallest absolute Gasteiger partial charge is 0.0363 e. The quantitative estimate of drug-likeness (QED) is 0.820. The summed E-state index contributed by atoms with van der Waals surface area (Å²) in [6.07, 6.45) is 2.56. The predicted octanol–water partition coefficient (Wildman–Crippen LogP) is 2.53. The summed E-state index contributed by atoms with van der Waals surface area (Å²) in [6, 6.07) is 6.86. The SMILES string of the molecule is Cc1cc(N(C)C)ccc1C1CCNCC1. The Labute approximate surface area is 98.7 Å². The maximum atomic E-state index is 3.43. The fraction of sp³-hybridized carbons (Fsp3) is 0.571. The molecule has 0 unspecified atom stereocenters. The van der Waals surface area contributed by atoms with Crippen molar-refractivity contribution < 1.29 is 0 Å². The van der Waals surface area contributed by atoms with Gasteiger partial charge in [-0.3, -0.25) is 0 Å². The van der Waals surface area contributed by atoms with Crippen LogP contribution < -0.4 is 10.2 Å². The standard InChI is InChI=1S/C14H22N2/c1-11-10-13(16(2)3)4-5-14(11)12-6-8-15-9-7-12/h4-5,10,12,15H,6-9H2,1-3H3. The van der Waals surface area contributed by atoms with Crippen LogP contribution in [0.3, 0.4) is 0 Å². The molecule has 16 heavy (non-hydrogen) atoms. The zero-order valence-corrected chi connectivity index (χ0v) is 10.6. The van der Waals surface area contributed by atoms with Crippen LogP contribution in [0.5, 0.6) is 0 Å². The molecule has 1 aliphatic rings. The van der Waals surface area contributed by atoms with Gasteiger partial charge in [0.2, 0.25) is 0 Å². The molecule has 1 heterocycles. The first-order valence-corrected chi connectivity index (χ1v) is 6.17. The highest BCUT2D eigenvalue weighted by Crippen LogP contribution is 2.29. The monoisotopic (exact) mass is 218 g/mol. The van der Waals surface area contributed by atoms with Crippen molar-refractivity contribution in [2.45, 2.75) is 25.7 Å². The highest BCUT2D eigenvalue weighted by molar-refractivity contribution is 5.50. The van der Waals surface area contributed by atoms with E-state index in [1.807, 2.05) is 0 Å². The fourth-order valence-electron chi connectivity index (χ4n) is 2.53. The maximum Gasteiger partial charge on any atom is 0.0363 e. The van der Waals surface area contributed by atoms with Crippen molar-refractivity contribution in [3.63, 3.8) is 0 Å².